The number of amides is 1. The van der Waals surface area contributed by atoms with Gasteiger partial charge >= 0.3 is 0 Å². The molecule has 5 heteroatoms. The zero-order valence-electron chi connectivity index (χ0n) is 17.0. The molecule has 3 aromatic rings. The van der Waals surface area contributed by atoms with Gasteiger partial charge in [-0.15, -0.1) is 0 Å². The summed E-state index contributed by atoms with van der Waals surface area (Å²) in [6.07, 6.45) is 7.47. The highest BCUT2D eigenvalue weighted by Crippen LogP contribution is 2.62. The van der Waals surface area contributed by atoms with Crippen LogP contribution >= 0.6 is 11.6 Å². The van der Waals surface area contributed by atoms with E-state index in [1.165, 1.54) is 12.8 Å². The summed E-state index contributed by atoms with van der Waals surface area (Å²) in [6.45, 7) is 2.17. The largest absolute Gasteiger partial charge is 0.349 e. The number of fused-ring (bicyclic) bond motifs is 1. The maximum absolute atomic E-state index is 12.6. The molecule has 1 amide bonds. The first-order valence-electron chi connectivity index (χ1n) is 10.8. The number of carbonyl (C=O) groups is 1. The molecule has 0 radical (unpaired) electrons. The molecule has 1 heterocycles. The van der Waals surface area contributed by atoms with Crippen LogP contribution in [0.4, 0.5) is 0 Å². The van der Waals surface area contributed by atoms with Crippen LogP contribution in [-0.2, 0) is 0 Å². The van der Waals surface area contributed by atoms with Crippen molar-refractivity contribution < 1.29 is 4.79 Å². The van der Waals surface area contributed by atoms with Gasteiger partial charge in [-0.3, -0.25) is 4.79 Å². The number of rotatable bonds is 6. The third kappa shape index (κ3) is 3.65. The van der Waals surface area contributed by atoms with E-state index < -0.39 is 0 Å². The van der Waals surface area contributed by atoms with Gasteiger partial charge in [-0.25, -0.2) is 4.98 Å². The molecule has 2 aliphatic carbocycles. The number of aromatic nitrogens is 2. The monoisotopic (exact) mass is 419 g/mol. The Bertz CT molecular complexity index is 1020. The number of hydrogen-bond acceptors (Lipinski definition) is 2. The second kappa shape index (κ2) is 7.92. The van der Waals surface area contributed by atoms with E-state index in [9.17, 15) is 4.79 Å². The van der Waals surface area contributed by atoms with Crippen molar-refractivity contribution in [3.8, 4) is 11.3 Å². The van der Waals surface area contributed by atoms with Gasteiger partial charge in [0.1, 0.15) is 0 Å². The van der Waals surface area contributed by atoms with E-state index in [-0.39, 0.29) is 11.9 Å². The van der Waals surface area contributed by atoms with Crippen LogP contribution < -0.4 is 5.32 Å². The molecule has 30 heavy (non-hydrogen) atoms. The lowest BCUT2D eigenvalue weighted by Gasteiger charge is -2.22. The van der Waals surface area contributed by atoms with Gasteiger partial charge in [-0.05, 0) is 61.3 Å². The van der Waals surface area contributed by atoms with Crippen LogP contribution in [-0.4, -0.2) is 21.5 Å². The lowest BCUT2D eigenvalue weighted by atomic mass is 9.99. The van der Waals surface area contributed by atoms with E-state index in [0.717, 1.165) is 17.7 Å². The SMILES string of the molecule is CCC(NC(=O)c1ccc(Cl)cc1)[C@H]1[C@@H]2C[C@@H](n3cnc(-c4ccccc4)c3)C[C@@H]21. The van der Waals surface area contributed by atoms with Crippen molar-refractivity contribution in [2.75, 3.05) is 0 Å². The third-order valence-electron chi connectivity index (χ3n) is 6.91. The Labute approximate surface area is 182 Å². The number of nitrogens with zero attached hydrogens (tertiary/aromatic N) is 2. The molecule has 154 valence electrons. The highest BCUT2D eigenvalue weighted by Gasteiger charge is 2.58. The predicted molar refractivity (Wildman–Crippen MR) is 119 cm³/mol. The summed E-state index contributed by atoms with van der Waals surface area (Å²) >= 11 is 5.94. The number of hydrogen-bond donors (Lipinski definition) is 1. The number of nitrogens with one attached hydrogen (secondary N) is 1. The zero-order chi connectivity index (χ0) is 20.7. The molecule has 4 nitrogen and oxygen atoms in total. The van der Waals surface area contributed by atoms with Crippen molar-refractivity contribution in [2.45, 2.75) is 38.3 Å². The Morgan fingerprint density at radius 2 is 1.83 bits per heavy atom. The number of benzene rings is 2. The molecule has 2 saturated carbocycles. The summed E-state index contributed by atoms with van der Waals surface area (Å²) in [5.41, 5.74) is 2.87. The van der Waals surface area contributed by atoms with Gasteiger partial charge in [0, 0.05) is 34.4 Å². The van der Waals surface area contributed by atoms with Crippen LogP contribution in [0.5, 0.6) is 0 Å². The molecule has 5 atom stereocenters. The van der Waals surface area contributed by atoms with Crippen LogP contribution in [0.3, 0.4) is 0 Å². The minimum atomic E-state index is 0.00199. The van der Waals surface area contributed by atoms with Gasteiger partial charge in [-0.2, -0.15) is 0 Å². The maximum Gasteiger partial charge on any atom is 0.251 e. The fourth-order valence-corrected chi connectivity index (χ4v) is 5.45. The second-order valence-electron chi connectivity index (χ2n) is 8.60. The highest BCUT2D eigenvalue weighted by atomic mass is 35.5. The Kier molecular flexibility index (Phi) is 5.11. The van der Waals surface area contributed by atoms with E-state index in [1.807, 2.05) is 24.5 Å². The molecule has 0 saturated heterocycles. The minimum Gasteiger partial charge on any atom is -0.349 e. The fourth-order valence-electron chi connectivity index (χ4n) is 5.32. The van der Waals surface area contributed by atoms with Crippen molar-refractivity contribution in [3.63, 3.8) is 0 Å². The van der Waals surface area contributed by atoms with E-state index >= 15 is 0 Å². The van der Waals surface area contributed by atoms with Crippen molar-refractivity contribution in [1.29, 1.82) is 0 Å². The van der Waals surface area contributed by atoms with Crippen molar-refractivity contribution in [1.82, 2.24) is 14.9 Å². The summed E-state index contributed by atoms with van der Waals surface area (Å²) in [5.74, 6) is 2.00. The highest BCUT2D eigenvalue weighted by molar-refractivity contribution is 6.30. The zero-order valence-corrected chi connectivity index (χ0v) is 17.8. The molecule has 2 fully saturated rings. The summed E-state index contributed by atoms with van der Waals surface area (Å²) in [6, 6.07) is 18.2. The number of carbonyl (C=O) groups excluding carboxylic acids is 1. The van der Waals surface area contributed by atoms with Gasteiger partial charge < -0.3 is 9.88 Å². The molecule has 2 aliphatic rings. The normalized spacial score (nSPS) is 25.5. The van der Waals surface area contributed by atoms with Crippen molar-refractivity contribution >= 4 is 17.5 Å². The molecule has 0 aliphatic heterocycles. The van der Waals surface area contributed by atoms with Gasteiger partial charge in [0.25, 0.3) is 5.91 Å². The van der Waals surface area contributed by atoms with Crippen LogP contribution in [0, 0.1) is 17.8 Å². The summed E-state index contributed by atoms with van der Waals surface area (Å²) in [7, 11) is 0. The minimum absolute atomic E-state index is 0.00199. The van der Waals surface area contributed by atoms with Crippen LogP contribution in [0.15, 0.2) is 67.1 Å². The number of halogens is 1. The average molecular weight is 420 g/mol. The van der Waals surface area contributed by atoms with E-state index in [1.54, 1.807) is 24.3 Å². The molecule has 1 aromatic heterocycles. The lowest BCUT2D eigenvalue weighted by Crippen LogP contribution is -2.37. The van der Waals surface area contributed by atoms with Gasteiger partial charge in [0.15, 0.2) is 0 Å². The first-order chi connectivity index (χ1) is 14.6. The van der Waals surface area contributed by atoms with Crippen molar-refractivity contribution in [2.24, 2.45) is 17.8 Å². The Balaban J connectivity index is 1.20. The third-order valence-corrected chi connectivity index (χ3v) is 7.16. The average Bonchev–Trinajstić information content (AvgIpc) is 3.15. The fraction of sp³-hybridized carbons (Fsp3) is 0.360. The quantitative estimate of drug-likeness (QED) is 0.564. The molecule has 2 aromatic carbocycles. The standard InChI is InChI=1S/C25H26ClN3O/c1-2-22(28-25(30)17-8-10-18(26)11-9-17)24-20-12-19(13-21(20)24)29-14-23(27-15-29)16-6-4-3-5-7-16/h3-11,14-15,19-22,24H,2,12-13H2,1H3,(H,28,30)/t19-,20-,21+,22?,24+. The number of imidazole rings is 1. The van der Waals surface area contributed by atoms with Crippen LogP contribution in [0.2, 0.25) is 5.02 Å². The Hall–Kier alpha value is -2.59. The molecule has 1 N–H and O–H groups in total. The lowest BCUT2D eigenvalue weighted by molar-refractivity contribution is 0.0927. The first kappa shape index (κ1) is 19.4. The Morgan fingerprint density at radius 3 is 2.50 bits per heavy atom. The van der Waals surface area contributed by atoms with E-state index in [0.29, 0.717) is 34.4 Å². The molecular formula is C25H26ClN3O. The smallest absolute Gasteiger partial charge is 0.251 e. The molecular weight excluding hydrogens is 394 g/mol. The maximum atomic E-state index is 12.6. The summed E-state index contributed by atoms with van der Waals surface area (Å²) in [5, 5.41) is 3.92. The summed E-state index contributed by atoms with van der Waals surface area (Å²) < 4.78 is 2.29. The predicted octanol–water partition coefficient (Wildman–Crippen LogP) is 5.61. The van der Waals surface area contributed by atoms with Crippen LogP contribution in [0.1, 0.15) is 42.6 Å². The van der Waals surface area contributed by atoms with E-state index in [4.69, 9.17) is 11.6 Å². The molecule has 1 unspecified atom stereocenters. The topological polar surface area (TPSA) is 46.9 Å². The van der Waals surface area contributed by atoms with Gasteiger partial charge in [0.05, 0.1) is 12.0 Å². The van der Waals surface area contributed by atoms with Gasteiger partial charge in [0.2, 0.25) is 0 Å². The molecule has 0 spiro atoms. The first-order valence-corrected chi connectivity index (χ1v) is 11.2. The molecule has 5 rings (SSSR count). The second-order valence-corrected chi connectivity index (χ2v) is 9.03. The van der Waals surface area contributed by atoms with Crippen LogP contribution in [0.25, 0.3) is 11.3 Å². The Morgan fingerprint density at radius 1 is 1.13 bits per heavy atom. The molecule has 0 bridgehead atoms. The van der Waals surface area contributed by atoms with Gasteiger partial charge in [-0.1, -0.05) is 48.9 Å². The van der Waals surface area contributed by atoms with Crippen molar-refractivity contribution in [3.05, 3.63) is 77.7 Å². The summed E-state index contributed by atoms with van der Waals surface area (Å²) in [4.78, 5) is 17.3. The van der Waals surface area contributed by atoms with E-state index in [2.05, 4.69) is 40.1 Å².